The van der Waals surface area contributed by atoms with Gasteiger partial charge in [0.1, 0.15) is 5.92 Å². The first-order chi connectivity index (χ1) is 4.38. The van der Waals surface area contributed by atoms with Gasteiger partial charge < -0.3 is 10.5 Å². The molecule has 4 heteroatoms. The molecule has 0 bridgehead atoms. The van der Waals surface area contributed by atoms with Crippen molar-refractivity contribution >= 4 is 5.71 Å². The Kier molecular flexibility index (Phi) is 1.66. The van der Waals surface area contributed by atoms with Gasteiger partial charge in [0.2, 0.25) is 0 Å². The molecule has 0 saturated carbocycles. The van der Waals surface area contributed by atoms with Gasteiger partial charge in [0.05, 0.1) is 11.8 Å². The fourth-order valence-electron chi connectivity index (χ4n) is 0.811. The molecule has 1 aliphatic heterocycles. The van der Waals surface area contributed by atoms with Gasteiger partial charge in [0.15, 0.2) is 0 Å². The van der Waals surface area contributed by atoms with Gasteiger partial charge in [0.25, 0.3) is 0 Å². The molecule has 1 unspecified atom stereocenters. The molecule has 1 aliphatic rings. The molecular weight excluding hydrogens is 118 g/mol. The lowest BCUT2D eigenvalue weighted by Gasteiger charge is -1.92. The quantitative estimate of drug-likeness (QED) is 0.340. The molecule has 0 aromatic carbocycles. The van der Waals surface area contributed by atoms with E-state index < -0.39 is 0 Å². The van der Waals surface area contributed by atoms with E-state index in [1.807, 2.05) is 6.07 Å². The van der Waals surface area contributed by atoms with Crippen LogP contribution in [0.15, 0.2) is 5.16 Å². The van der Waals surface area contributed by atoms with Gasteiger partial charge in [0, 0.05) is 13.1 Å². The molecule has 0 aromatic heterocycles. The zero-order valence-corrected chi connectivity index (χ0v) is 4.83. The minimum atomic E-state index is -0.227. The lowest BCUT2D eigenvalue weighted by molar-refractivity contribution is 0.317. The third-order valence-corrected chi connectivity index (χ3v) is 1.34. The maximum absolute atomic E-state index is 8.39. The van der Waals surface area contributed by atoms with Crippen molar-refractivity contribution in [2.45, 2.75) is 0 Å². The second-order valence-electron chi connectivity index (χ2n) is 1.90. The van der Waals surface area contributed by atoms with Crippen LogP contribution in [0.1, 0.15) is 0 Å². The number of hydrogen-bond donors (Lipinski definition) is 2. The topological polar surface area (TPSA) is 68.4 Å². The molecule has 0 amide bonds. The van der Waals surface area contributed by atoms with E-state index in [2.05, 4.69) is 10.5 Å². The first-order valence-electron chi connectivity index (χ1n) is 2.69. The number of nitrogens with one attached hydrogen (secondary N) is 1. The molecule has 1 rings (SSSR count). The van der Waals surface area contributed by atoms with Gasteiger partial charge in [-0.05, 0) is 0 Å². The summed E-state index contributed by atoms with van der Waals surface area (Å²) in [6.07, 6.45) is 0. The van der Waals surface area contributed by atoms with Crippen molar-refractivity contribution in [1.29, 1.82) is 5.26 Å². The van der Waals surface area contributed by atoms with Crippen LogP contribution in [0.3, 0.4) is 0 Å². The predicted octanol–water partition coefficient (Wildman–Crippen LogP) is -0.440. The van der Waals surface area contributed by atoms with Crippen molar-refractivity contribution < 1.29 is 5.21 Å². The maximum Gasteiger partial charge on any atom is 0.102 e. The van der Waals surface area contributed by atoms with Crippen LogP contribution >= 0.6 is 0 Å². The first-order valence-corrected chi connectivity index (χ1v) is 2.69. The summed E-state index contributed by atoms with van der Waals surface area (Å²) in [5, 5.41) is 22.5. The van der Waals surface area contributed by atoms with E-state index in [9.17, 15) is 0 Å². The Morgan fingerprint density at radius 3 is 3.11 bits per heavy atom. The average Bonchev–Trinajstić information content (AvgIpc) is 2.33. The molecule has 0 aromatic rings. The van der Waals surface area contributed by atoms with Gasteiger partial charge in [-0.1, -0.05) is 5.16 Å². The number of nitriles is 1. The standard InChI is InChI=1S/C5H7N3O/c6-1-4-2-7-3-5(4)8-9/h4,7,9H,2-3H2/b8-5+. The van der Waals surface area contributed by atoms with Gasteiger partial charge in [-0.25, -0.2) is 0 Å². The van der Waals surface area contributed by atoms with Crippen LogP contribution in [-0.4, -0.2) is 24.0 Å². The Balaban J connectivity index is 2.65. The zero-order chi connectivity index (χ0) is 6.69. The monoisotopic (exact) mass is 125 g/mol. The molecule has 1 saturated heterocycles. The molecule has 1 atom stereocenters. The molecule has 2 N–H and O–H groups in total. The average molecular weight is 125 g/mol. The van der Waals surface area contributed by atoms with Crippen LogP contribution in [-0.2, 0) is 0 Å². The largest absolute Gasteiger partial charge is 0.411 e. The molecule has 0 spiro atoms. The van der Waals surface area contributed by atoms with Gasteiger partial charge in [-0.3, -0.25) is 0 Å². The second kappa shape index (κ2) is 2.46. The van der Waals surface area contributed by atoms with E-state index in [1.54, 1.807) is 0 Å². The Morgan fingerprint density at radius 2 is 2.67 bits per heavy atom. The third-order valence-electron chi connectivity index (χ3n) is 1.34. The fourth-order valence-corrected chi connectivity index (χ4v) is 0.811. The summed E-state index contributed by atoms with van der Waals surface area (Å²) < 4.78 is 0. The molecule has 0 radical (unpaired) electrons. The fraction of sp³-hybridized carbons (Fsp3) is 0.600. The van der Waals surface area contributed by atoms with E-state index in [0.717, 1.165) is 0 Å². The minimum absolute atomic E-state index is 0.227. The summed E-state index contributed by atoms with van der Waals surface area (Å²) >= 11 is 0. The molecule has 0 aliphatic carbocycles. The van der Waals surface area contributed by atoms with E-state index in [-0.39, 0.29) is 5.92 Å². The summed E-state index contributed by atoms with van der Waals surface area (Å²) in [6, 6.07) is 2.01. The minimum Gasteiger partial charge on any atom is -0.411 e. The number of hydrogen-bond acceptors (Lipinski definition) is 4. The smallest absolute Gasteiger partial charge is 0.102 e. The molecule has 48 valence electrons. The Labute approximate surface area is 52.8 Å². The zero-order valence-electron chi connectivity index (χ0n) is 4.83. The highest BCUT2D eigenvalue weighted by Gasteiger charge is 2.21. The lowest BCUT2D eigenvalue weighted by atomic mass is 10.1. The normalized spacial score (nSPS) is 30.6. The Morgan fingerprint density at radius 1 is 1.89 bits per heavy atom. The van der Waals surface area contributed by atoms with Crippen molar-refractivity contribution in [2.24, 2.45) is 11.1 Å². The van der Waals surface area contributed by atoms with Crippen molar-refractivity contribution in [1.82, 2.24) is 5.32 Å². The van der Waals surface area contributed by atoms with Crippen LogP contribution in [0, 0.1) is 17.2 Å². The van der Waals surface area contributed by atoms with Crippen LogP contribution in [0.4, 0.5) is 0 Å². The van der Waals surface area contributed by atoms with Crippen LogP contribution in [0.5, 0.6) is 0 Å². The Hall–Kier alpha value is -1.08. The molecule has 1 heterocycles. The van der Waals surface area contributed by atoms with E-state index in [1.165, 1.54) is 0 Å². The van der Waals surface area contributed by atoms with Crippen LogP contribution < -0.4 is 5.32 Å². The van der Waals surface area contributed by atoms with Crippen LogP contribution in [0.25, 0.3) is 0 Å². The summed E-state index contributed by atoms with van der Waals surface area (Å²) in [5.74, 6) is -0.227. The van der Waals surface area contributed by atoms with Crippen molar-refractivity contribution in [3.63, 3.8) is 0 Å². The number of oxime groups is 1. The second-order valence-corrected chi connectivity index (χ2v) is 1.90. The SMILES string of the molecule is N#CC1CNC/C1=N\O. The molecule has 4 nitrogen and oxygen atoms in total. The van der Waals surface area contributed by atoms with E-state index in [4.69, 9.17) is 10.5 Å². The van der Waals surface area contributed by atoms with E-state index in [0.29, 0.717) is 18.8 Å². The summed E-state index contributed by atoms with van der Waals surface area (Å²) in [5.41, 5.74) is 0.539. The van der Waals surface area contributed by atoms with Crippen molar-refractivity contribution in [2.75, 3.05) is 13.1 Å². The molecule has 1 fully saturated rings. The summed E-state index contributed by atoms with van der Waals surface area (Å²) in [7, 11) is 0. The molecule has 9 heavy (non-hydrogen) atoms. The molecular formula is C5H7N3O. The number of rotatable bonds is 0. The van der Waals surface area contributed by atoms with E-state index >= 15 is 0 Å². The third kappa shape index (κ3) is 1.00. The van der Waals surface area contributed by atoms with Gasteiger partial charge >= 0.3 is 0 Å². The van der Waals surface area contributed by atoms with Gasteiger partial charge in [-0.2, -0.15) is 5.26 Å². The summed E-state index contributed by atoms with van der Waals surface area (Å²) in [6.45, 7) is 1.14. The summed E-state index contributed by atoms with van der Waals surface area (Å²) in [4.78, 5) is 0. The predicted molar refractivity (Wildman–Crippen MR) is 31.2 cm³/mol. The van der Waals surface area contributed by atoms with Crippen molar-refractivity contribution in [3.05, 3.63) is 0 Å². The lowest BCUT2D eigenvalue weighted by Crippen LogP contribution is -2.08. The maximum atomic E-state index is 8.39. The highest BCUT2D eigenvalue weighted by Crippen LogP contribution is 2.02. The first kappa shape index (κ1) is 6.05. The Bertz CT molecular complexity index is 170. The van der Waals surface area contributed by atoms with Crippen molar-refractivity contribution in [3.8, 4) is 6.07 Å². The van der Waals surface area contributed by atoms with Crippen LogP contribution in [0.2, 0.25) is 0 Å². The highest BCUT2D eigenvalue weighted by atomic mass is 16.4. The highest BCUT2D eigenvalue weighted by molar-refractivity contribution is 5.92. The number of nitrogens with zero attached hydrogens (tertiary/aromatic N) is 2. The van der Waals surface area contributed by atoms with Gasteiger partial charge in [-0.15, -0.1) is 0 Å².